The maximum Gasteiger partial charge on any atom is 0.280 e. The van der Waals surface area contributed by atoms with Crippen LogP contribution in [0.15, 0.2) is 17.5 Å². The predicted molar refractivity (Wildman–Crippen MR) is 94.1 cm³/mol. The predicted octanol–water partition coefficient (Wildman–Crippen LogP) is 2.21. The van der Waals surface area contributed by atoms with E-state index in [2.05, 4.69) is 22.8 Å². The van der Waals surface area contributed by atoms with Crippen LogP contribution in [0.1, 0.15) is 33.7 Å². The molecule has 0 saturated heterocycles. The minimum Gasteiger partial charge on any atom is -0.325 e. The molecule has 0 bridgehead atoms. The second-order valence-electron chi connectivity index (χ2n) is 5.97. The molecule has 0 spiro atoms. The normalized spacial score (nSPS) is 14.8. The second kappa shape index (κ2) is 7.26. The fourth-order valence-corrected chi connectivity index (χ4v) is 5.06. The van der Waals surface area contributed by atoms with Crippen LogP contribution >= 0.6 is 22.7 Å². The largest absolute Gasteiger partial charge is 0.325 e. The van der Waals surface area contributed by atoms with Crippen molar-refractivity contribution in [1.29, 1.82) is 5.26 Å². The van der Waals surface area contributed by atoms with Crippen LogP contribution < -0.4 is 10.2 Å². The number of anilines is 1. The topological polar surface area (TPSA) is 57.3 Å². The van der Waals surface area contributed by atoms with Crippen molar-refractivity contribution in [2.24, 2.45) is 0 Å². The lowest BCUT2D eigenvalue weighted by Crippen LogP contribution is -3.08. The van der Waals surface area contributed by atoms with Crippen LogP contribution in [-0.4, -0.2) is 19.5 Å². The number of hydrogen-bond donors (Lipinski definition) is 2. The second-order valence-corrected chi connectivity index (χ2v) is 8.10. The van der Waals surface area contributed by atoms with Crippen LogP contribution in [0.2, 0.25) is 0 Å². The smallest absolute Gasteiger partial charge is 0.280 e. The summed E-state index contributed by atoms with van der Waals surface area (Å²) in [5, 5.41) is 15.2. The zero-order valence-corrected chi connectivity index (χ0v) is 14.8. The van der Waals surface area contributed by atoms with Gasteiger partial charge in [-0.3, -0.25) is 4.79 Å². The van der Waals surface area contributed by atoms with Gasteiger partial charge in [-0.1, -0.05) is 6.07 Å². The van der Waals surface area contributed by atoms with Gasteiger partial charge in [-0.15, -0.1) is 22.7 Å². The maximum atomic E-state index is 12.3. The van der Waals surface area contributed by atoms with Crippen molar-refractivity contribution in [2.75, 3.05) is 18.9 Å². The van der Waals surface area contributed by atoms with Crippen molar-refractivity contribution >= 4 is 33.6 Å². The average molecular weight is 347 g/mol. The number of amides is 1. The first kappa shape index (κ1) is 16.2. The number of nitriles is 1. The lowest BCUT2D eigenvalue weighted by atomic mass is 9.96. The molecule has 2 aromatic heterocycles. The Kier molecular flexibility index (Phi) is 5.11. The highest BCUT2D eigenvalue weighted by molar-refractivity contribution is 7.16. The van der Waals surface area contributed by atoms with Crippen molar-refractivity contribution in [1.82, 2.24) is 0 Å². The first-order chi connectivity index (χ1) is 11.2. The van der Waals surface area contributed by atoms with Gasteiger partial charge in [0.1, 0.15) is 17.6 Å². The van der Waals surface area contributed by atoms with E-state index >= 15 is 0 Å². The van der Waals surface area contributed by atoms with Crippen LogP contribution in [0, 0.1) is 11.3 Å². The number of fused-ring (bicyclic) bond motifs is 1. The molecule has 1 aliphatic rings. The molecule has 0 aromatic carbocycles. The lowest BCUT2D eigenvalue weighted by Gasteiger charge is -2.12. The van der Waals surface area contributed by atoms with Gasteiger partial charge in [0.05, 0.1) is 17.5 Å². The Morgan fingerprint density at radius 1 is 1.43 bits per heavy atom. The fourth-order valence-electron chi connectivity index (χ4n) is 2.99. The molecule has 6 heteroatoms. The minimum atomic E-state index is -0.0193. The highest BCUT2D eigenvalue weighted by Crippen LogP contribution is 2.37. The van der Waals surface area contributed by atoms with Crippen LogP contribution in [0.3, 0.4) is 0 Å². The summed E-state index contributed by atoms with van der Waals surface area (Å²) in [5.41, 5.74) is 1.85. The van der Waals surface area contributed by atoms with Gasteiger partial charge in [0, 0.05) is 4.88 Å². The molecular weight excluding hydrogens is 326 g/mol. The Hall–Kier alpha value is -1.68. The number of thiophene rings is 2. The molecule has 0 saturated carbocycles. The molecule has 2 N–H and O–H groups in total. The van der Waals surface area contributed by atoms with E-state index in [0.29, 0.717) is 12.1 Å². The Morgan fingerprint density at radius 2 is 2.26 bits per heavy atom. The number of hydrogen-bond acceptors (Lipinski definition) is 4. The van der Waals surface area contributed by atoms with Gasteiger partial charge in [0.25, 0.3) is 5.91 Å². The molecule has 1 amide bonds. The van der Waals surface area contributed by atoms with Crippen LogP contribution in [0.4, 0.5) is 5.00 Å². The molecule has 120 valence electrons. The van der Waals surface area contributed by atoms with E-state index in [1.165, 1.54) is 21.7 Å². The molecule has 1 aliphatic carbocycles. The summed E-state index contributed by atoms with van der Waals surface area (Å²) in [6.07, 6.45) is 4.32. The highest BCUT2D eigenvalue weighted by atomic mass is 32.1. The SMILES string of the molecule is C[NH+](CC(=O)Nc1sc2c(c1C#N)CCCC2)Cc1cccs1. The molecule has 0 fully saturated rings. The van der Waals surface area contributed by atoms with E-state index in [4.69, 9.17) is 0 Å². The quantitative estimate of drug-likeness (QED) is 0.872. The molecule has 1 unspecified atom stereocenters. The number of carbonyl (C=O) groups excluding carboxylic acids is 1. The molecule has 2 heterocycles. The third kappa shape index (κ3) is 3.81. The van der Waals surface area contributed by atoms with Crippen molar-refractivity contribution < 1.29 is 9.69 Å². The van der Waals surface area contributed by atoms with Gasteiger partial charge in [-0.25, -0.2) is 0 Å². The minimum absolute atomic E-state index is 0.0193. The Morgan fingerprint density at radius 3 is 3.00 bits per heavy atom. The lowest BCUT2D eigenvalue weighted by molar-refractivity contribution is -0.884. The molecular formula is C17H20N3OS2+. The molecule has 1 atom stereocenters. The van der Waals surface area contributed by atoms with Crippen LogP contribution in [0.5, 0.6) is 0 Å². The number of nitrogens with zero attached hydrogens (tertiary/aromatic N) is 1. The number of carbonyl (C=O) groups is 1. The first-order valence-electron chi connectivity index (χ1n) is 7.85. The highest BCUT2D eigenvalue weighted by Gasteiger charge is 2.22. The first-order valence-corrected chi connectivity index (χ1v) is 9.55. The van der Waals surface area contributed by atoms with Crippen molar-refractivity contribution in [3.8, 4) is 6.07 Å². The van der Waals surface area contributed by atoms with Crippen molar-refractivity contribution in [3.05, 3.63) is 38.4 Å². The molecule has 4 nitrogen and oxygen atoms in total. The van der Waals surface area contributed by atoms with Gasteiger partial charge in [-0.05, 0) is 42.7 Å². The number of quaternary nitrogens is 1. The summed E-state index contributed by atoms with van der Waals surface area (Å²) >= 11 is 3.30. The zero-order chi connectivity index (χ0) is 16.2. The van der Waals surface area contributed by atoms with E-state index in [1.807, 2.05) is 13.1 Å². The summed E-state index contributed by atoms with van der Waals surface area (Å²) in [7, 11) is 2.02. The molecule has 2 aromatic rings. The maximum absolute atomic E-state index is 12.3. The molecule has 23 heavy (non-hydrogen) atoms. The number of aryl methyl sites for hydroxylation is 1. The molecule has 0 aliphatic heterocycles. The summed E-state index contributed by atoms with van der Waals surface area (Å²) in [6.45, 7) is 1.25. The monoisotopic (exact) mass is 346 g/mol. The molecule has 0 radical (unpaired) electrons. The fraction of sp³-hybridized carbons (Fsp3) is 0.412. The van der Waals surface area contributed by atoms with Gasteiger partial charge < -0.3 is 10.2 Å². The van der Waals surface area contributed by atoms with E-state index < -0.39 is 0 Å². The third-order valence-electron chi connectivity index (χ3n) is 4.05. The standard InChI is InChI=1S/C17H19N3OS2/c1-20(10-12-5-4-8-22-12)11-16(21)19-17-14(9-18)13-6-2-3-7-15(13)23-17/h4-5,8H,2-3,6-7,10-11H2,1H3,(H,19,21)/p+1. The van der Waals surface area contributed by atoms with Crippen molar-refractivity contribution in [2.45, 2.75) is 32.2 Å². The summed E-state index contributed by atoms with van der Waals surface area (Å²) in [5.74, 6) is -0.0193. The van der Waals surface area contributed by atoms with E-state index in [9.17, 15) is 10.1 Å². The average Bonchev–Trinajstić information content (AvgIpc) is 3.13. The number of likely N-dealkylation sites (N-methyl/N-ethyl adjacent to an activating group) is 1. The number of nitrogens with one attached hydrogen (secondary N) is 2. The Balaban J connectivity index is 1.64. The molecule has 3 rings (SSSR count). The Labute approximate surface area is 144 Å². The number of rotatable bonds is 5. The van der Waals surface area contributed by atoms with Crippen molar-refractivity contribution in [3.63, 3.8) is 0 Å². The summed E-state index contributed by atoms with van der Waals surface area (Å²) in [4.78, 5) is 16.0. The van der Waals surface area contributed by atoms with Gasteiger partial charge in [0.15, 0.2) is 6.54 Å². The van der Waals surface area contributed by atoms with Gasteiger partial charge in [-0.2, -0.15) is 5.26 Å². The van der Waals surface area contributed by atoms with E-state index in [-0.39, 0.29) is 5.91 Å². The van der Waals surface area contributed by atoms with Gasteiger partial charge in [0.2, 0.25) is 0 Å². The van der Waals surface area contributed by atoms with E-state index in [0.717, 1.165) is 35.7 Å². The Bertz CT molecular complexity index is 728. The third-order valence-corrected chi connectivity index (χ3v) is 6.14. The van der Waals surface area contributed by atoms with Crippen LogP contribution in [0.25, 0.3) is 0 Å². The van der Waals surface area contributed by atoms with Crippen LogP contribution in [-0.2, 0) is 24.2 Å². The van der Waals surface area contributed by atoms with Gasteiger partial charge >= 0.3 is 0 Å². The zero-order valence-electron chi connectivity index (χ0n) is 13.1. The summed E-state index contributed by atoms with van der Waals surface area (Å²) in [6, 6.07) is 6.41. The van der Waals surface area contributed by atoms with E-state index in [1.54, 1.807) is 22.7 Å². The summed E-state index contributed by atoms with van der Waals surface area (Å²) < 4.78 is 0.